The molecule has 1 amide bonds. The lowest BCUT2D eigenvalue weighted by molar-refractivity contribution is -0.387. The second kappa shape index (κ2) is 54.1. The van der Waals surface area contributed by atoms with Gasteiger partial charge < -0.3 is 88.2 Å². The summed E-state index contributed by atoms with van der Waals surface area (Å²) in [5, 5.41) is 13.8. The highest BCUT2D eigenvalue weighted by atomic mass is 127. The first-order valence-corrected chi connectivity index (χ1v) is 81.8. The number of fused-ring (bicyclic) bond motifs is 5. The van der Waals surface area contributed by atoms with Crippen LogP contribution in [0.4, 0.5) is 0 Å². The van der Waals surface area contributed by atoms with Crippen LogP contribution in [0.25, 0.3) is 0 Å². The topological polar surface area (TPSA) is 231 Å². The summed E-state index contributed by atoms with van der Waals surface area (Å²) in [5.41, 5.74) is -1.24. The summed E-state index contributed by atoms with van der Waals surface area (Å²) >= 11 is 2.69. The summed E-state index contributed by atoms with van der Waals surface area (Å²) in [7, 11) is -23.8. The van der Waals surface area contributed by atoms with Crippen molar-refractivity contribution >= 4 is 116 Å². The minimum Gasteiger partial charge on any atom is -0.459 e. The van der Waals surface area contributed by atoms with Gasteiger partial charge in [0.2, 0.25) is 5.91 Å². The van der Waals surface area contributed by atoms with E-state index in [4.69, 9.17) is 73.0 Å². The van der Waals surface area contributed by atoms with Crippen molar-refractivity contribution in [1.82, 2.24) is 5.32 Å². The van der Waals surface area contributed by atoms with Gasteiger partial charge in [0.05, 0.1) is 49.0 Å². The zero-order valence-corrected chi connectivity index (χ0v) is 107. The first kappa shape index (κ1) is 126. The lowest BCUT2D eigenvalue weighted by atomic mass is 9.35. The van der Waals surface area contributed by atoms with Crippen molar-refractivity contribution in [3.8, 4) is 0 Å². The zero-order valence-electron chi connectivity index (χ0n) is 95.9. The van der Waals surface area contributed by atoms with Gasteiger partial charge in [-0.3, -0.25) is 4.79 Å². The van der Waals surface area contributed by atoms with E-state index in [1.54, 1.807) is 0 Å². The molecule has 141 heavy (non-hydrogen) atoms. The van der Waals surface area contributed by atoms with Crippen LogP contribution in [-0.4, -0.2) is 227 Å². The van der Waals surface area contributed by atoms with E-state index < -0.39 is 201 Å². The van der Waals surface area contributed by atoms with Gasteiger partial charge in [0.25, 0.3) is 0 Å². The van der Waals surface area contributed by atoms with Crippen LogP contribution < -0.4 is 5.32 Å². The van der Waals surface area contributed by atoms with Crippen molar-refractivity contribution < 1.29 is 92.5 Å². The van der Waals surface area contributed by atoms with Crippen molar-refractivity contribution in [1.29, 1.82) is 0 Å². The molecule has 6 fully saturated rings. The Morgan fingerprint density at radius 2 is 0.887 bits per heavy atom. The molecule has 21 nitrogen and oxygen atoms in total. The van der Waals surface area contributed by atoms with Crippen molar-refractivity contribution in [2.75, 3.05) is 26.4 Å². The molecule has 0 spiro atoms. The molecule has 4 aliphatic carbocycles. The molecule has 2 N–H and O–H groups in total. The maximum absolute atomic E-state index is 16.9. The summed E-state index contributed by atoms with van der Waals surface area (Å²) < 4.78 is 130. The Bertz CT molecular complexity index is 3870. The predicted octanol–water partition coefficient (Wildman–Crippen LogP) is 28.3. The molecule has 3 aliphatic heterocycles. The fraction of sp³-hybridized carbons (Fsp3) is 0.900. The van der Waals surface area contributed by atoms with Crippen molar-refractivity contribution in [2.24, 2.45) is 44.3 Å². The summed E-state index contributed by atoms with van der Waals surface area (Å²) in [5.74, 6) is -0.801. The summed E-state index contributed by atoms with van der Waals surface area (Å²) in [6, 6.07) is 33.1. The number of halogens is 1. The number of nitrogens with one attached hydrogen (secondary N) is 1. The van der Waals surface area contributed by atoms with E-state index in [0.29, 0.717) is 50.2 Å². The maximum Gasteiger partial charge on any atom is 0.338 e. The quantitative estimate of drug-likeness (QED) is 0.0117. The largest absolute Gasteiger partial charge is 0.459 e. The number of carbonyl (C=O) groups excluding carboxylic acids is 3. The number of esters is 1. The molecule has 3 saturated heterocycles. The fourth-order valence-electron chi connectivity index (χ4n) is 27.3. The maximum atomic E-state index is 16.9. The van der Waals surface area contributed by atoms with E-state index in [-0.39, 0.29) is 65.5 Å². The molecule has 1 aromatic rings. The lowest BCUT2D eigenvalue weighted by Crippen LogP contribution is -2.72. The molecule has 7 aliphatic rings. The average Bonchev–Trinajstić information content (AvgIpc) is 0.670. The third-order valence-electron chi connectivity index (χ3n) is 40.3. The third kappa shape index (κ3) is 26.5. The minimum atomic E-state index is -3.00. The number of aliphatic hydroxyl groups excluding tert-OH is 1. The van der Waals surface area contributed by atoms with Crippen LogP contribution in [0.1, 0.15) is 292 Å². The standard InChI is InChI=1S/C110H210INO20Si9/c1-35-133(36-2,37-3)119-80-84-90(127-136(44-10,45-11)46-12)93(129-138(50-16,51-17)52-18)98(132-141(59-25,60-26)61-27)103(120-84)124-96-92(122-101-97(131-140(56-22,57-23)58-24)91(128-137(47-13,48-14)49-15)85(79-118-101)125-134(38-4,39-5)40-6)94(130-139(53-19,54-20)55-21)95(100(115)117-78-82-65-63-62-64-66-82)123-102(96)121-88-70-71-106(31)86(107(88,32)81-114)69-72-108(33)87(106)68-67-83-99(111)110(74-73-105(28,29)30,104(116)112-75-76-113)89(77-109(83,108)34)126-135(41-7,42-8)43-9/h62-67,81,84-99,101-103,113H,35-61,68-80H2,1-34H3,(H,112,116)/t84?,85-,86?,87?,88+,89+,90+,91?,92?,93?,94+,95?,96?,97?,98?,99?,101+,102-,103+,106?,107?,108?,109?,110+/m1/s1. The van der Waals surface area contributed by atoms with E-state index in [1.165, 1.54) is 11.9 Å². The zero-order chi connectivity index (χ0) is 105. The van der Waals surface area contributed by atoms with Gasteiger partial charge in [0, 0.05) is 10.5 Å². The Morgan fingerprint density at radius 1 is 0.468 bits per heavy atom. The molecule has 24 atom stereocenters. The number of hydrogen-bond acceptors (Lipinski definition) is 20. The molecule has 818 valence electrons. The first-order valence-electron chi connectivity index (χ1n) is 57.8. The molecule has 31 heteroatoms. The number of aliphatic hydroxyl groups is 1. The Balaban J connectivity index is 1.52. The predicted molar refractivity (Wildman–Crippen MR) is 608 cm³/mol. The Morgan fingerprint density at radius 3 is 1.34 bits per heavy atom. The highest BCUT2D eigenvalue weighted by Gasteiger charge is 2.73. The molecule has 1 aromatic carbocycles. The van der Waals surface area contributed by atoms with Crippen LogP contribution in [-0.2, 0) is 94.0 Å². The van der Waals surface area contributed by atoms with Crippen molar-refractivity contribution in [2.45, 2.75) is 559 Å². The second-order valence-electron chi connectivity index (χ2n) is 46.3. The van der Waals surface area contributed by atoms with Crippen LogP contribution in [0.2, 0.25) is 163 Å². The first-order chi connectivity index (χ1) is 66.9. The number of benzene rings is 1. The van der Waals surface area contributed by atoms with E-state index in [2.05, 4.69) is 269 Å². The molecule has 8 rings (SSSR count). The van der Waals surface area contributed by atoms with Crippen LogP contribution in [0.5, 0.6) is 0 Å². The fourth-order valence-corrected chi connectivity index (χ4v) is 54.7. The monoisotopic (exact) mass is 2240 g/mol. The average molecular weight is 2250 g/mol. The Labute approximate surface area is 883 Å². The van der Waals surface area contributed by atoms with Gasteiger partial charge >= 0.3 is 5.97 Å². The van der Waals surface area contributed by atoms with Gasteiger partial charge in [-0.2, -0.15) is 0 Å². The number of allylic oxidation sites excluding steroid dienone is 2. The van der Waals surface area contributed by atoms with Gasteiger partial charge in [-0.15, -0.1) is 0 Å². The summed E-state index contributed by atoms with van der Waals surface area (Å²) in [6.07, 6.45) is -6.36. The van der Waals surface area contributed by atoms with E-state index in [1.807, 2.05) is 30.3 Å². The molecule has 15 unspecified atom stereocenters. The highest BCUT2D eigenvalue weighted by Crippen LogP contribution is 2.75. The SMILES string of the molecule is CC[Si](CC)(CC)OCC1O[C@@H](OC2C(O[C@@H]3OC[C@@H](O[Si](CC)(CC)CC)C(O[Si](CC)(CC)CC)C3O[Si](CC)(CC)CC)[C@H](O[Si](CC)(CC)CC)C(C(=O)OCc3ccccc3)O[C@H]2O[C@H]2CCC3(C)C(CCC4(C)C3CC=C3C(I)[C@@](CCC(C)(C)C)(C(=O)NCCO)[C@@H](O[Si](CC)(CC)CC)CC34C)C2(C)C=O)C(O[Si](CC)(CC)CC)C(O[Si](CC)(CC)CC)[C@H]1O[Si](CC)(CC)CC. The van der Waals surface area contributed by atoms with Gasteiger partial charge in [-0.25, -0.2) is 4.79 Å². The molecule has 0 radical (unpaired) electrons. The van der Waals surface area contributed by atoms with E-state index in [9.17, 15) is 5.11 Å². The number of aldehydes is 1. The van der Waals surface area contributed by atoms with E-state index >= 15 is 14.4 Å². The number of amides is 1. The minimum absolute atomic E-state index is 0.0201. The van der Waals surface area contributed by atoms with Gasteiger partial charge in [-0.05, 0) is 254 Å². The summed E-state index contributed by atoms with van der Waals surface area (Å²) in [4.78, 5) is 48.8. The molecule has 3 heterocycles. The van der Waals surface area contributed by atoms with E-state index in [0.717, 1.165) is 170 Å². The van der Waals surface area contributed by atoms with Crippen LogP contribution >= 0.6 is 22.6 Å². The number of carbonyl (C=O) groups is 3. The molecular formula is C110H210INO20Si9. The van der Waals surface area contributed by atoms with Crippen molar-refractivity contribution in [3.05, 3.63) is 47.5 Å². The van der Waals surface area contributed by atoms with Crippen LogP contribution in [0, 0.1) is 44.3 Å². The second-order valence-corrected chi connectivity index (χ2v) is 90.1. The third-order valence-corrected chi connectivity index (χ3v) is 83.9. The number of hydrogen-bond donors (Lipinski definition) is 2. The van der Waals surface area contributed by atoms with Gasteiger partial charge in [0.1, 0.15) is 67.8 Å². The number of alkyl halides is 1. The smallest absolute Gasteiger partial charge is 0.338 e. The Kier molecular flexibility index (Phi) is 48.3. The molecule has 3 saturated carbocycles. The number of ether oxygens (including phenoxy) is 7. The summed E-state index contributed by atoms with van der Waals surface area (Å²) in [6.45, 7) is 78.8. The normalized spacial score (nSPS) is 32.3. The lowest BCUT2D eigenvalue weighted by Gasteiger charge is -2.71. The van der Waals surface area contributed by atoms with Crippen LogP contribution in [0.15, 0.2) is 42.0 Å². The van der Waals surface area contributed by atoms with Gasteiger partial charge in [-0.1, -0.05) is 300 Å². The Hall–Kier alpha value is -0.388. The highest BCUT2D eigenvalue weighted by molar-refractivity contribution is 14.1. The molecule has 0 aromatic heterocycles. The van der Waals surface area contributed by atoms with Crippen LogP contribution in [0.3, 0.4) is 0 Å². The molecule has 0 bridgehead atoms. The van der Waals surface area contributed by atoms with Gasteiger partial charge in [0.15, 0.2) is 99.8 Å². The number of rotatable bonds is 61. The van der Waals surface area contributed by atoms with Crippen molar-refractivity contribution in [3.63, 3.8) is 0 Å². The molecular weight excluding hydrogens is 2030 g/mol.